The number of benzene rings is 1. The molecule has 0 amide bonds. The van der Waals surface area contributed by atoms with Crippen molar-refractivity contribution in [1.82, 2.24) is 5.32 Å². The third-order valence-corrected chi connectivity index (χ3v) is 3.97. The van der Waals surface area contributed by atoms with Crippen molar-refractivity contribution in [3.05, 3.63) is 34.9 Å². The number of hydrogen-bond donors (Lipinski definition) is 2. The van der Waals surface area contributed by atoms with Crippen LogP contribution in [0.2, 0.25) is 0 Å². The monoisotopic (exact) mass is 283 g/mol. The van der Waals surface area contributed by atoms with Gasteiger partial charge >= 0.3 is 5.97 Å². The van der Waals surface area contributed by atoms with Crippen molar-refractivity contribution in [3.8, 4) is 0 Å². The van der Waals surface area contributed by atoms with Crippen molar-refractivity contribution in [3.63, 3.8) is 0 Å². The highest BCUT2D eigenvalue weighted by Gasteiger charge is 2.32. The van der Waals surface area contributed by atoms with Crippen molar-refractivity contribution in [2.75, 3.05) is 6.54 Å². The molecule has 0 aliphatic heterocycles. The molecule has 1 aromatic rings. The van der Waals surface area contributed by atoms with E-state index in [2.05, 4.69) is 5.32 Å². The predicted octanol–water partition coefficient (Wildman–Crippen LogP) is 2.86. The van der Waals surface area contributed by atoms with Gasteiger partial charge in [-0.15, -0.1) is 0 Å². The molecule has 0 heterocycles. The maximum Gasteiger partial charge on any atom is 0.306 e. The second-order valence-corrected chi connectivity index (χ2v) is 5.47. The van der Waals surface area contributed by atoms with Crippen molar-refractivity contribution in [1.29, 1.82) is 0 Å². The van der Waals surface area contributed by atoms with Crippen LogP contribution in [0.3, 0.4) is 0 Å². The SMILES string of the molecule is Cc1cc(F)c(CNC[C@H]2CCC[C@H]2C(=O)O)c(F)c1. The topological polar surface area (TPSA) is 49.3 Å². The summed E-state index contributed by atoms with van der Waals surface area (Å²) in [5.74, 6) is -2.19. The van der Waals surface area contributed by atoms with E-state index < -0.39 is 17.6 Å². The molecule has 20 heavy (non-hydrogen) atoms. The van der Waals surface area contributed by atoms with Gasteiger partial charge < -0.3 is 10.4 Å². The number of aliphatic carboxylic acids is 1. The first-order chi connectivity index (χ1) is 9.49. The largest absolute Gasteiger partial charge is 0.481 e. The fraction of sp³-hybridized carbons (Fsp3) is 0.533. The first kappa shape index (κ1) is 14.9. The Bertz CT molecular complexity index is 482. The van der Waals surface area contributed by atoms with E-state index in [0.717, 1.165) is 12.8 Å². The number of carboxylic acids is 1. The second kappa shape index (κ2) is 6.31. The molecule has 2 atom stereocenters. The Balaban J connectivity index is 1.92. The van der Waals surface area contributed by atoms with E-state index in [1.165, 1.54) is 12.1 Å². The van der Waals surface area contributed by atoms with Crippen molar-refractivity contribution in [2.24, 2.45) is 11.8 Å². The average Bonchev–Trinajstić information content (AvgIpc) is 2.80. The van der Waals surface area contributed by atoms with Gasteiger partial charge in [-0.05, 0) is 49.9 Å². The minimum Gasteiger partial charge on any atom is -0.481 e. The Hall–Kier alpha value is -1.49. The lowest BCUT2D eigenvalue weighted by Gasteiger charge is -2.16. The van der Waals surface area contributed by atoms with E-state index in [1.807, 2.05) is 0 Å². The van der Waals surface area contributed by atoms with E-state index in [9.17, 15) is 13.6 Å². The molecule has 1 saturated carbocycles. The van der Waals surface area contributed by atoms with Gasteiger partial charge in [-0.1, -0.05) is 6.42 Å². The summed E-state index contributed by atoms with van der Waals surface area (Å²) in [6, 6.07) is 2.60. The Morgan fingerprint density at radius 2 is 2.00 bits per heavy atom. The number of halogens is 2. The van der Waals surface area contributed by atoms with Gasteiger partial charge in [0.1, 0.15) is 11.6 Å². The maximum atomic E-state index is 13.6. The maximum absolute atomic E-state index is 13.6. The molecule has 3 nitrogen and oxygen atoms in total. The number of carbonyl (C=O) groups is 1. The number of hydrogen-bond acceptors (Lipinski definition) is 2. The lowest BCUT2D eigenvalue weighted by atomic mass is 9.96. The fourth-order valence-corrected chi connectivity index (χ4v) is 2.89. The zero-order chi connectivity index (χ0) is 14.7. The first-order valence-electron chi connectivity index (χ1n) is 6.87. The molecule has 0 unspecified atom stereocenters. The standard InChI is InChI=1S/C15H19F2NO2/c1-9-5-13(16)12(14(17)6-9)8-18-7-10-3-2-4-11(10)15(19)20/h5-6,10-11,18H,2-4,7-8H2,1H3,(H,19,20)/t10-,11-/m1/s1. The summed E-state index contributed by atoms with van der Waals surface area (Å²) >= 11 is 0. The van der Waals surface area contributed by atoms with Crippen LogP contribution in [-0.4, -0.2) is 17.6 Å². The Kier molecular flexibility index (Phi) is 4.70. The quantitative estimate of drug-likeness (QED) is 0.873. The highest BCUT2D eigenvalue weighted by molar-refractivity contribution is 5.70. The van der Waals surface area contributed by atoms with Crippen LogP contribution in [0.1, 0.15) is 30.4 Å². The zero-order valence-electron chi connectivity index (χ0n) is 11.5. The number of aryl methyl sites for hydroxylation is 1. The lowest BCUT2D eigenvalue weighted by Crippen LogP contribution is -2.29. The second-order valence-electron chi connectivity index (χ2n) is 5.47. The van der Waals surface area contributed by atoms with Gasteiger partial charge in [0.05, 0.1) is 5.92 Å². The molecule has 110 valence electrons. The third kappa shape index (κ3) is 3.33. The van der Waals surface area contributed by atoms with Gasteiger partial charge in [0, 0.05) is 12.1 Å². The van der Waals surface area contributed by atoms with Gasteiger partial charge in [-0.3, -0.25) is 4.79 Å². The van der Waals surface area contributed by atoms with E-state index >= 15 is 0 Å². The molecule has 0 spiro atoms. The zero-order valence-corrected chi connectivity index (χ0v) is 11.5. The lowest BCUT2D eigenvalue weighted by molar-refractivity contribution is -0.142. The number of rotatable bonds is 5. The Morgan fingerprint density at radius 1 is 1.35 bits per heavy atom. The summed E-state index contributed by atoms with van der Waals surface area (Å²) in [4.78, 5) is 11.0. The molecule has 1 aliphatic rings. The summed E-state index contributed by atoms with van der Waals surface area (Å²) in [6.45, 7) is 2.20. The first-order valence-corrected chi connectivity index (χ1v) is 6.87. The van der Waals surface area contributed by atoms with E-state index in [1.54, 1.807) is 6.92 Å². The number of carboxylic acid groups (broad SMARTS) is 1. The summed E-state index contributed by atoms with van der Waals surface area (Å²) in [7, 11) is 0. The molecular formula is C15H19F2NO2. The Labute approximate surface area is 117 Å². The van der Waals surface area contributed by atoms with Gasteiger partial charge in [0.25, 0.3) is 0 Å². The molecular weight excluding hydrogens is 264 g/mol. The van der Waals surface area contributed by atoms with Crippen LogP contribution < -0.4 is 5.32 Å². The van der Waals surface area contributed by atoms with Crippen LogP contribution >= 0.6 is 0 Å². The van der Waals surface area contributed by atoms with Gasteiger partial charge in [0.15, 0.2) is 0 Å². The smallest absolute Gasteiger partial charge is 0.306 e. The van der Waals surface area contributed by atoms with Crippen LogP contribution in [0.15, 0.2) is 12.1 Å². The summed E-state index contributed by atoms with van der Waals surface area (Å²) in [5.41, 5.74) is 0.561. The molecule has 2 rings (SSSR count). The minimum atomic E-state index is -0.776. The van der Waals surface area contributed by atoms with Crippen molar-refractivity contribution < 1.29 is 18.7 Å². The normalized spacial score (nSPS) is 22.1. The molecule has 1 fully saturated rings. The molecule has 0 bridgehead atoms. The van der Waals surface area contributed by atoms with Crippen LogP contribution in [0.25, 0.3) is 0 Å². The van der Waals surface area contributed by atoms with E-state index in [4.69, 9.17) is 5.11 Å². The highest BCUT2D eigenvalue weighted by Crippen LogP contribution is 2.31. The van der Waals surface area contributed by atoms with Crippen LogP contribution in [0, 0.1) is 30.4 Å². The summed E-state index contributed by atoms with van der Waals surface area (Å²) in [6.07, 6.45) is 2.44. The van der Waals surface area contributed by atoms with Crippen LogP contribution in [0.5, 0.6) is 0 Å². The predicted molar refractivity (Wildman–Crippen MR) is 71.3 cm³/mol. The molecule has 1 aliphatic carbocycles. The molecule has 0 saturated heterocycles. The summed E-state index contributed by atoms with van der Waals surface area (Å²) < 4.78 is 27.3. The molecule has 5 heteroatoms. The minimum absolute atomic E-state index is 0.0143. The number of nitrogens with one attached hydrogen (secondary N) is 1. The van der Waals surface area contributed by atoms with Gasteiger partial charge in [-0.25, -0.2) is 8.78 Å². The molecule has 0 radical (unpaired) electrons. The molecule has 2 N–H and O–H groups in total. The van der Waals surface area contributed by atoms with Crippen LogP contribution in [-0.2, 0) is 11.3 Å². The third-order valence-electron chi connectivity index (χ3n) is 3.97. The fourth-order valence-electron chi connectivity index (χ4n) is 2.89. The molecule has 1 aromatic carbocycles. The average molecular weight is 283 g/mol. The van der Waals surface area contributed by atoms with E-state index in [0.29, 0.717) is 18.5 Å². The molecule has 0 aromatic heterocycles. The summed E-state index contributed by atoms with van der Waals surface area (Å²) in [5, 5.41) is 12.1. The Morgan fingerprint density at radius 3 is 2.60 bits per heavy atom. The highest BCUT2D eigenvalue weighted by atomic mass is 19.1. The van der Waals surface area contributed by atoms with E-state index in [-0.39, 0.29) is 23.9 Å². The van der Waals surface area contributed by atoms with Crippen LogP contribution in [0.4, 0.5) is 8.78 Å². The van der Waals surface area contributed by atoms with Gasteiger partial charge in [-0.2, -0.15) is 0 Å². The van der Waals surface area contributed by atoms with Crippen molar-refractivity contribution in [2.45, 2.75) is 32.7 Å². The van der Waals surface area contributed by atoms with Crippen molar-refractivity contribution >= 4 is 5.97 Å². The van der Waals surface area contributed by atoms with Gasteiger partial charge in [0.2, 0.25) is 0 Å².